The molecule has 0 saturated carbocycles. The molecule has 0 radical (unpaired) electrons. The minimum Gasteiger partial charge on any atom is -0.373 e. The predicted molar refractivity (Wildman–Crippen MR) is 106 cm³/mol. The summed E-state index contributed by atoms with van der Waals surface area (Å²) >= 11 is 6.30. The molecule has 0 bridgehead atoms. The van der Waals surface area contributed by atoms with Crippen LogP contribution in [0.4, 0.5) is 5.69 Å². The minimum absolute atomic E-state index is 0.204. The molecule has 0 aliphatic heterocycles. The molecule has 134 valence electrons. The van der Waals surface area contributed by atoms with Crippen molar-refractivity contribution in [2.24, 2.45) is 0 Å². The average molecular weight is 378 g/mol. The molecule has 0 unspecified atom stereocenters. The molecule has 1 N–H and O–H groups in total. The van der Waals surface area contributed by atoms with Crippen molar-refractivity contribution in [1.29, 1.82) is 0 Å². The van der Waals surface area contributed by atoms with Crippen LogP contribution >= 0.6 is 11.6 Å². The molecule has 2 heterocycles. The fourth-order valence-corrected chi connectivity index (χ4v) is 3.26. The van der Waals surface area contributed by atoms with Gasteiger partial charge in [0.05, 0.1) is 45.7 Å². The van der Waals surface area contributed by atoms with Crippen molar-refractivity contribution in [3.8, 4) is 5.69 Å². The van der Waals surface area contributed by atoms with E-state index in [1.54, 1.807) is 35.2 Å². The van der Waals surface area contributed by atoms with E-state index in [1.807, 2.05) is 37.3 Å². The summed E-state index contributed by atoms with van der Waals surface area (Å²) in [5.74, 6) is 0.574. The van der Waals surface area contributed by atoms with Gasteiger partial charge in [0.15, 0.2) is 0 Å². The largest absolute Gasteiger partial charge is 0.373 e. The van der Waals surface area contributed by atoms with Crippen molar-refractivity contribution in [1.82, 2.24) is 19.5 Å². The summed E-state index contributed by atoms with van der Waals surface area (Å²) in [6, 6.07) is 14.4. The second-order valence-electron chi connectivity index (χ2n) is 6.07. The van der Waals surface area contributed by atoms with E-state index >= 15 is 0 Å². The summed E-state index contributed by atoms with van der Waals surface area (Å²) in [4.78, 5) is 26.1. The van der Waals surface area contributed by atoms with E-state index in [1.165, 1.54) is 6.33 Å². The Labute approximate surface area is 160 Å². The summed E-state index contributed by atoms with van der Waals surface area (Å²) in [6.45, 7) is 1.94. The number of rotatable bonds is 4. The topological polar surface area (TPSA) is 72.7 Å². The first-order chi connectivity index (χ1) is 13.1. The lowest BCUT2D eigenvalue weighted by Gasteiger charge is -2.20. The third-order valence-corrected chi connectivity index (χ3v) is 4.53. The van der Waals surface area contributed by atoms with Crippen LogP contribution < -0.4 is 10.9 Å². The van der Waals surface area contributed by atoms with Gasteiger partial charge in [0.25, 0.3) is 5.56 Å². The van der Waals surface area contributed by atoms with Crippen molar-refractivity contribution in [3.05, 3.63) is 88.5 Å². The molecular formula is C20H16ClN5O. The van der Waals surface area contributed by atoms with Gasteiger partial charge in [-0.05, 0) is 31.2 Å². The molecule has 1 atom stereocenters. The molecular weight excluding hydrogens is 362 g/mol. The zero-order valence-corrected chi connectivity index (χ0v) is 15.3. The monoisotopic (exact) mass is 377 g/mol. The van der Waals surface area contributed by atoms with E-state index in [0.717, 1.165) is 11.4 Å². The number of anilines is 1. The maximum atomic E-state index is 13.3. The molecule has 0 saturated heterocycles. The summed E-state index contributed by atoms with van der Waals surface area (Å²) in [5, 5.41) is 4.09. The van der Waals surface area contributed by atoms with Gasteiger partial charge in [0.2, 0.25) is 0 Å². The van der Waals surface area contributed by atoms with Crippen molar-refractivity contribution in [2.45, 2.75) is 13.0 Å². The third kappa shape index (κ3) is 3.27. The maximum absolute atomic E-state index is 13.3. The van der Waals surface area contributed by atoms with Crippen LogP contribution in [0.2, 0.25) is 5.02 Å². The van der Waals surface area contributed by atoms with E-state index in [9.17, 15) is 4.79 Å². The first-order valence-electron chi connectivity index (χ1n) is 8.43. The fourth-order valence-electron chi connectivity index (χ4n) is 3.01. The van der Waals surface area contributed by atoms with Crippen molar-refractivity contribution < 1.29 is 0 Å². The van der Waals surface area contributed by atoms with Crippen LogP contribution in [0.5, 0.6) is 0 Å². The van der Waals surface area contributed by atoms with Gasteiger partial charge in [-0.1, -0.05) is 35.9 Å². The van der Waals surface area contributed by atoms with E-state index < -0.39 is 0 Å². The van der Waals surface area contributed by atoms with E-state index in [4.69, 9.17) is 16.6 Å². The first kappa shape index (κ1) is 17.2. The molecule has 0 amide bonds. The first-order valence-corrected chi connectivity index (χ1v) is 8.81. The Bertz CT molecular complexity index is 1150. The Morgan fingerprint density at radius 3 is 2.52 bits per heavy atom. The Balaban J connectivity index is 1.94. The molecule has 0 fully saturated rings. The standard InChI is InChI=1S/C20H16ClN5O/c1-13(24-14-10-22-12-23-11-14)19-25-17-9-5-8-16(21)18(17)20(27)26(19)15-6-3-2-4-7-15/h2-13,24H,1H3/t13-/m0/s1. The number of fused-ring (bicyclic) bond motifs is 1. The second-order valence-corrected chi connectivity index (χ2v) is 6.48. The van der Waals surface area contributed by atoms with Gasteiger partial charge >= 0.3 is 0 Å². The highest BCUT2D eigenvalue weighted by molar-refractivity contribution is 6.35. The summed E-state index contributed by atoms with van der Waals surface area (Å²) in [7, 11) is 0. The third-order valence-electron chi connectivity index (χ3n) is 4.22. The number of para-hydroxylation sites is 1. The van der Waals surface area contributed by atoms with Crippen molar-refractivity contribution >= 4 is 28.2 Å². The SMILES string of the molecule is C[C@H](Nc1cncnc1)c1nc2cccc(Cl)c2c(=O)n1-c1ccccc1. The highest BCUT2D eigenvalue weighted by atomic mass is 35.5. The van der Waals surface area contributed by atoms with E-state index in [-0.39, 0.29) is 11.6 Å². The van der Waals surface area contributed by atoms with Gasteiger partial charge in [-0.2, -0.15) is 0 Å². The molecule has 27 heavy (non-hydrogen) atoms. The Morgan fingerprint density at radius 2 is 1.78 bits per heavy atom. The highest BCUT2D eigenvalue weighted by Crippen LogP contribution is 2.24. The Morgan fingerprint density at radius 1 is 1.04 bits per heavy atom. The Kier molecular flexibility index (Phi) is 4.56. The van der Waals surface area contributed by atoms with Gasteiger partial charge in [-0.3, -0.25) is 9.36 Å². The quantitative estimate of drug-likeness (QED) is 0.582. The van der Waals surface area contributed by atoms with Crippen molar-refractivity contribution in [3.63, 3.8) is 0 Å². The van der Waals surface area contributed by atoms with Gasteiger partial charge in [-0.25, -0.2) is 15.0 Å². The number of nitrogens with zero attached hydrogens (tertiary/aromatic N) is 4. The van der Waals surface area contributed by atoms with Gasteiger partial charge in [0.1, 0.15) is 12.2 Å². The van der Waals surface area contributed by atoms with Crippen LogP contribution in [0.15, 0.2) is 72.0 Å². The number of nitrogens with one attached hydrogen (secondary N) is 1. The minimum atomic E-state index is -0.271. The van der Waals surface area contributed by atoms with Crippen molar-refractivity contribution in [2.75, 3.05) is 5.32 Å². The molecule has 6 nitrogen and oxygen atoms in total. The summed E-state index contributed by atoms with van der Waals surface area (Å²) < 4.78 is 1.59. The molecule has 0 spiro atoms. The van der Waals surface area contributed by atoms with Crippen LogP contribution in [0.25, 0.3) is 16.6 Å². The van der Waals surface area contributed by atoms with E-state index in [0.29, 0.717) is 21.7 Å². The van der Waals surface area contributed by atoms with Crippen LogP contribution in [0, 0.1) is 0 Å². The van der Waals surface area contributed by atoms with Gasteiger partial charge < -0.3 is 5.32 Å². The number of halogens is 1. The highest BCUT2D eigenvalue weighted by Gasteiger charge is 2.19. The zero-order valence-electron chi connectivity index (χ0n) is 14.5. The lowest BCUT2D eigenvalue weighted by Crippen LogP contribution is -2.27. The fraction of sp³-hybridized carbons (Fsp3) is 0.100. The van der Waals surface area contributed by atoms with Crippen LogP contribution in [0.3, 0.4) is 0 Å². The summed E-state index contributed by atoms with van der Waals surface area (Å²) in [5.41, 5.74) is 1.83. The molecule has 7 heteroatoms. The maximum Gasteiger partial charge on any atom is 0.267 e. The molecule has 0 aliphatic rings. The van der Waals surface area contributed by atoms with E-state index in [2.05, 4.69) is 15.3 Å². The van der Waals surface area contributed by atoms with Crippen LogP contribution in [-0.2, 0) is 0 Å². The van der Waals surface area contributed by atoms with Crippen LogP contribution in [-0.4, -0.2) is 19.5 Å². The number of hydrogen-bond donors (Lipinski definition) is 1. The second kappa shape index (κ2) is 7.17. The van der Waals surface area contributed by atoms with Gasteiger partial charge in [-0.15, -0.1) is 0 Å². The number of benzene rings is 2. The zero-order chi connectivity index (χ0) is 18.8. The average Bonchev–Trinajstić information content (AvgIpc) is 2.69. The number of hydrogen-bond acceptors (Lipinski definition) is 5. The summed E-state index contributed by atoms with van der Waals surface area (Å²) in [6.07, 6.45) is 4.81. The Hall–Kier alpha value is -3.25. The lowest BCUT2D eigenvalue weighted by molar-refractivity contribution is 0.733. The normalized spacial score (nSPS) is 12.1. The molecule has 4 rings (SSSR count). The molecule has 2 aromatic carbocycles. The lowest BCUT2D eigenvalue weighted by atomic mass is 10.2. The molecule has 0 aliphatic carbocycles. The predicted octanol–water partition coefficient (Wildman–Crippen LogP) is 4.00. The smallest absolute Gasteiger partial charge is 0.267 e. The number of aromatic nitrogens is 4. The molecule has 4 aromatic rings. The van der Waals surface area contributed by atoms with Gasteiger partial charge in [0, 0.05) is 0 Å². The molecule has 2 aromatic heterocycles. The van der Waals surface area contributed by atoms with Crippen LogP contribution in [0.1, 0.15) is 18.8 Å².